The molecular formula is C18H39Si-. The molecule has 0 saturated heterocycles. The molecule has 0 rings (SSSR count). The molecule has 0 aromatic carbocycles. The van der Waals surface area contributed by atoms with Crippen LogP contribution in [0.5, 0.6) is 0 Å². The molecule has 0 nitrogen and oxygen atoms in total. The van der Waals surface area contributed by atoms with Gasteiger partial charge in [0.1, 0.15) is 0 Å². The van der Waals surface area contributed by atoms with E-state index in [1.807, 2.05) is 0 Å². The van der Waals surface area contributed by atoms with Crippen molar-refractivity contribution in [3.05, 3.63) is 0 Å². The Morgan fingerprint density at radius 3 is 1.00 bits per heavy atom. The summed E-state index contributed by atoms with van der Waals surface area (Å²) in [6.45, 7) is 6.96. The van der Waals surface area contributed by atoms with Crippen LogP contribution in [0.1, 0.15) is 97.8 Å². The Kier molecular flexibility index (Phi) is 16.5. The molecular weight excluding hydrogens is 244 g/mol. The molecule has 0 heterocycles. The molecule has 1 heteroatoms. The van der Waals surface area contributed by atoms with Crippen molar-refractivity contribution in [2.75, 3.05) is 0 Å². The standard InChI is InChI=1S/C18H39Si/c1-4-7-10-13-16-19(17-14-11-8-5-2)18-15-12-9-6-3/h4-18H2,1-3H3/q-1. The fraction of sp³-hybridized carbons (Fsp3) is 1.00. The molecule has 0 fully saturated rings. The normalized spacial score (nSPS) is 11.4. The summed E-state index contributed by atoms with van der Waals surface area (Å²) in [6, 6.07) is 4.84. The minimum Gasteiger partial charge on any atom is -0.260 e. The van der Waals surface area contributed by atoms with E-state index in [0.717, 1.165) is 0 Å². The van der Waals surface area contributed by atoms with Crippen LogP contribution in [0.4, 0.5) is 0 Å². The predicted molar refractivity (Wildman–Crippen MR) is 92.6 cm³/mol. The van der Waals surface area contributed by atoms with E-state index in [1.54, 1.807) is 18.1 Å². The molecule has 0 N–H and O–H groups in total. The maximum Gasteiger partial charge on any atom is -0.0537 e. The molecule has 0 spiro atoms. The van der Waals surface area contributed by atoms with E-state index >= 15 is 0 Å². The molecule has 0 unspecified atom stereocenters. The Morgan fingerprint density at radius 2 is 0.737 bits per heavy atom. The van der Waals surface area contributed by atoms with Crippen molar-refractivity contribution in [3.8, 4) is 0 Å². The van der Waals surface area contributed by atoms with Crippen molar-refractivity contribution in [3.63, 3.8) is 0 Å². The molecule has 0 aromatic rings. The molecule has 0 bridgehead atoms. The zero-order valence-electron chi connectivity index (χ0n) is 14.1. The summed E-state index contributed by atoms with van der Waals surface area (Å²) in [5.74, 6) is 0. The Bertz CT molecular complexity index is 127. The van der Waals surface area contributed by atoms with Gasteiger partial charge in [-0.15, -0.1) is 0 Å². The van der Waals surface area contributed by atoms with Crippen molar-refractivity contribution in [1.82, 2.24) is 0 Å². The molecule has 0 radical (unpaired) electrons. The molecule has 0 aliphatic heterocycles. The van der Waals surface area contributed by atoms with Gasteiger partial charge in [-0.1, -0.05) is 97.8 Å². The van der Waals surface area contributed by atoms with Gasteiger partial charge in [-0.05, 0) is 0 Å². The van der Waals surface area contributed by atoms with Gasteiger partial charge < -0.3 is 0 Å². The van der Waals surface area contributed by atoms with Crippen LogP contribution in [0.2, 0.25) is 18.1 Å². The highest BCUT2D eigenvalue weighted by Crippen LogP contribution is 2.19. The monoisotopic (exact) mass is 283 g/mol. The van der Waals surface area contributed by atoms with Crippen molar-refractivity contribution >= 4 is 8.80 Å². The van der Waals surface area contributed by atoms with Crippen LogP contribution in [0, 0.1) is 0 Å². The summed E-state index contributed by atoms with van der Waals surface area (Å²) in [4.78, 5) is 0. The third-order valence-electron chi connectivity index (χ3n) is 4.15. The smallest absolute Gasteiger partial charge is 0.0537 e. The first kappa shape index (κ1) is 19.2. The Morgan fingerprint density at radius 1 is 0.421 bits per heavy atom. The summed E-state index contributed by atoms with van der Waals surface area (Å²) in [5, 5.41) is 0. The first-order chi connectivity index (χ1) is 9.35. The summed E-state index contributed by atoms with van der Waals surface area (Å²) in [6.07, 6.45) is 17.6. The van der Waals surface area contributed by atoms with Crippen molar-refractivity contribution in [2.24, 2.45) is 0 Å². The highest BCUT2D eigenvalue weighted by atomic mass is 28.3. The zero-order chi connectivity index (χ0) is 14.2. The van der Waals surface area contributed by atoms with Crippen LogP contribution in [-0.2, 0) is 0 Å². The fourth-order valence-corrected chi connectivity index (χ4v) is 5.78. The minimum absolute atomic E-state index is 0.0139. The van der Waals surface area contributed by atoms with Gasteiger partial charge in [0.25, 0.3) is 0 Å². The second kappa shape index (κ2) is 16.3. The van der Waals surface area contributed by atoms with Crippen LogP contribution < -0.4 is 0 Å². The number of hydrogen-bond donors (Lipinski definition) is 0. The average Bonchev–Trinajstić information content (AvgIpc) is 2.43. The largest absolute Gasteiger partial charge is 0.260 e. The van der Waals surface area contributed by atoms with E-state index in [9.17, 15) is 0 Å². The van der Waals surface area contributed by atoms with Crippen molar-refractivity contribution in [2.45, 2.75) is 116 Å². The second-order valence-corrected chi connectivity index (χ2v) is 9.18. The highest BCUT2D eigenvalue weighted by Gasteiger charge is 1.97. The van der Waals surface area contributed by atoms with Gasteiger partial charge in [0, 0.05) is 0 Å². The van der Waals surface area contributed by atoms with Gasteiger partial charge >= 0.3 is 0 Å². The van der Waals surface area contributed by atoms with Crippen LogP contribution >= 0.6 is 0 Å². The lowest BCUT2D eigenvalue weighted by atomic mass is 10.2. The van der Waals surface area contributed by atoms with E-state index in [4.69, 9.17) is 0 Å². The molecule has 0 aliphatic carbocycles. The van der Waals surface area contributed by atoms with Crippen LogP contribution in [0.3, 0.4) is 0 Å². The quantitative estimate of drug-likeness (QED) is 0.220. The third-order valence-corrected chi connectivity index (χ3v) is 7.33. The van der Waals surface area contributed by atoms with Crippen LogP contribution in [-0.4, -0.2) is 8.80 Å². The SMILES string of the molecule is CCCCCC[Si-](CCCCCC)CCCCCC. The topological polar surface area (TPSA) is 0 Å². The summed E-state index contributed by atoms with van der Waals surface area (Å²) in [7, 11) is 0.0139. The number of rotatable bonds is 15. The van der Waals surface area contributed by atoms with Crippen molar-refractivity contribution in [1.29, 1.82) is 0 Å². The Balaban J connectivity index is 3.66. The molecule has 0 atom stereocenters. The van der Waals surface area contributed by atoms with Gasteiger partial charge in [0.2, 0.25) is 0 Å². The van der Waals surface area contributed by atoms with E-state index in [-0.39, 0.29) is 8.80 Å². The van der Waals surface area contributed by atoms with Gasteiger partial charge in [0.15, 0.2) is 0 Å². The van der Waals surface area contributed by atoms with Gasteiger partial charge in [0.05, 0.1) is 0 Å². The van der Waals surface area contributed by atoms with Crippen LogP contribution in [0.25, 0.3) is 0 Å². The van der Waals surface area contributed by atoms with E-state index in [2.05, 4.69) is 20.8 Å². The number of hydrogen-bond acceptors (Lipinski definition) is 0. The molecule has 19 heavy (non-hydrogen) atoms. The molecule has 0 amide bonds. The van der Waals surface area contributed by atoms with E-state index in [0.29, 0.717) is 0 Å². The lowest BCUT2D eigenvalue weighted by Crippen LogP contribution is -2.11. The van der Waals surface area contributed by atoms with Gasteiger partial charge in [-0.3, -0.25) is 8.80 Å². The van der Waals surface area contributed by atoms with Crippen molar-refractivity contribution < 1.29 is 0 Å². The van der Waals surface area contributed by atoms with E-state index in [1.165, 1.54) is 77.0 Å². The summed E-state index contributed by atoms with van der Waals surface area (Å²) >= 11 is 0. The zero-order valence-corrected chi connectivity index (χ0v) is 15.1. The van der Waals surface area contributed by atoms with Gasteiger partial charge in [-0.2, -0.15) is 18.1 Å². The highest BCUT2D eigenvalue weighted by molar-refractivity contribution is 6.58. The molecule has 0 aromatic heterocycles. The minimum atomic E-state index is 0.0139. The first-order valence-electron chi connectivity index (χ1n) is 9.18. The van der Waals surface area contributed by atoms with Gasteiger partial charge in [-0.25, -0.2) is 0 Å². The predicted octanol–water partition coefficient (Wildman–Crippen LogP) is 7.22. The molecule has 116 valence electrons. The average molecular weight is 284 g/mol. The van der Waals surface area contributed by atoms with E-state index < -0.39 is 0 Å². The lowest BCUT2D eigenvalue weighted by Gasteiger charge is -2.29. The third kappa shape index (κ3) is 14.4. The molecule has 0 aliphatic rings. The number of unbranched alkanes of at least 4 members (excludes halogenated alkanes) is 9. The fourth-order valence-electron chi connectivity index (χ4n) is 2.78. The maximum absolute atomic E-state index is 2.32. The molecule has 0 saturated carbocycles. The van der Waals surface area contributed by atoms with Crippen LogP contribution in [0.15, 0.2) is 0 Å². The maximum atomic E-state index is 2.32. The summed E-state index contributed by atoms with van der Waals surface area (Å²) in [5.41, 5.74) is 0. The first-order valence-corrected chi connectivity index (χ1v) is 11.3. The Labute approximate surface area is 125 Å². The lowest BCUT2D eigenvalue weighted by molar-refractivity contribution is 0.672. The summed E-state index contributed by atoms with van der Waals surface area (Å²) < 4.78 is 0. The second-order valence-electron chi connectivity index (χ2n) is 6.18. The Hall–Kier alpha value is 0.217.